The Morgan fingerprint density at radius 1 is 0.952 bits per heavy atom. The van der Waals surface area contributed by atoms with E-state index >= 15 is 0 Å². The van der Waals surface area contributed by atoms with E-state index in [1.165, 1.54) is 21.7 Å². The van der Waals surface area contributed by atoms with Gasteiger partial charge in [-0.05, 0) is 29.8 Å². The Bertz CT molecular complexity index is 995. The topological polar surface area (TPSA) is 22.0 Å². The van der Waals surface area contributed by atoms with Crippen LogP contribution in [0.25, 0.3) is 32.6 Å². The molecule has 0 aliphatic carbocycles. The summed E-state index contributed by atoms with van der Waals surface area (Å²) in [6.07, 6.45) is 0.954. The van der Waals surface area contributed by atoms with Gasteiger partial charge in [0, 0.05) is 28.4 Å². The molecule has 0 saturated heterocycles. The predicted octanol–water partition coefficient (Wildman–Crippen LogP) is 4.78. The van der Waals surface area contributed by atoms with Gasteiger partial charge in [0.2, 0.25) is 0 Å². The van der Waals surface area contributed by atoms with Crippen LogP contribution in [0, 0.1) is 0 Å². The van der Waals surface area contributed by atoms with Crippen LogP contribution in [0.4, 0.5) is 0 Å². The quantitative estimate of drug-likeness (QED) is 0.482. The van der Waals surface area contributed by atoms with Gasteiger partial charge in [-0.25, -0.2) is 0 Å². The van der Waals surface area contributed by atoms with Gasteiger partial charge in [0.1, 0.15) is 0 Å². The Morgan fingerprint density at radius 3 is 2.57 bits per heavy atom. The first-order valence-corrected chi connectivity index (χ1v) is 7.23. The lowest BCUT2D eigenvalue weighted by Crippen LogP contribution is -1.96. The first-order chi connectivity index (χ1) is 10.3. The molecule has 0 unspecified atom stereocenters. The van der Waals surface area contributed by atoms with Crippen molar-refractivity contribution in [3.63, 3.8) is 0 Å². The van der Waals surface area contributed by atoms with Gasteiger partial charge in [-0.3, -0.25) is 4.79 Å². The summed E-state index contributed by atoms with van der Waals surface area (Å²) in [7, 11) is 0. The van der Waals surface area contributed by atoms with Gasteiger partial charge >= 0.3 is 0 Å². The molecule has 0 radical (unpaired) electrons. The van der Waals surface area contributed by atoms with E-state index < -0.39 is 0 Å². The molecule has 0 spiro atoms. The molecule has 0 fully saturated rings. The number of aromatic nitrogens is 1. The van der Waals surface area contributed by atoms with Gasteiger partial charge in [-0.2, -0.15) is 0 Å². The second kappa shape index (κ2) is 4.45. The number of fused-ring (bicyclic) bond motifs is 5. The van der Waals surface area contributed by atoms with E-state index in [2.05, 4.69) is 54.0 Å². The highest BCUT2D eigenvalue weighted by molar-refractivity contribution is 6.22. The fourth-order valence-corrected chi connectivity index (χ4v) is 3.38. The van der Waals surface area contributed by atoms with E-state index in [0.717, 1.165) is 29.3 Å². The van der Waals surface area contributed by atoms with Crippen LogP contribution in [-0.2, 0) is 6.54 Å². The molecule has 0 aliphatic heterocycles. The highest BCUT2D eigenvalue weighted by Crippen LogP contribution is 2.35. The molecule has 102 valence electrons. The zero-order valence-electron chi connectivity index (χ0n) is 11.8. The van der Waals surface area contributed by atoms with Crippen LogP contribution in [0.15, 0.2) is 54.6 Å². The minimum atomic E-state index is 0.759. The molecule has 0 atom stereocenters. The lowest BCUT2D eigenvalue weighted by Gasteiger charge is -2.05. The number of hydrogen-bond donors (Lipinski definition) is 0. The minimum absolute atomic E-state index is 0.759. The molecular weight excluding hydrogens is 258 g/mol. The lowest BCUT2D eigenvalue weighted by atomic mass is 10.0. The number of nitrogens with zero attached hydrogens (tertiary/aromatic N) is 1. The molecule has 4 aromatic rings. The summed E-state index contributed by atoms with van der Waals surface area (Å²) in [5.41, 5.74) is 3.00. The molecule has 0 aliphatic rings. The monoisotopic (exact) mass is 273 g/mol. The Hall–Kier alpha value is -2.61. The van der Waals surface area contributed by atoms with E-state index in [-0.39, 0.29) is 0 Å². The van der Waals surface area contributed by atoms with Crippen LogP contribution in [-0.4, -0.2) is 10.9 Å². The van der Waals surface area contributed by atoms with Gasteiger partial charge in [0.05, 0.1) is 5.52 Å². The van der Waals surface area contributed by atoms with E-state index in [4.69, 9.17) is 0 Å². The van der Waals surface area contributed by atoms with Gasteiger partial charge in [0.25, 0.3) is 0 Å². The third kappa shape index (κ3) is 1.56. The lowest BCUT2D eigenvalue weighted by molar-refractivity contribution is 0.112. The molecule has 0 N–H and O–H groups in total. The zero-order valence-corrected chi connectivity index (χ0v) is 11.8. The Balaban J connectivity index is 2.37. The van der Waals surface area contributed by atoms with E-state index in [1.54, 1.807) is 0 Å². The highest BCUT2D eigenvalue weighted by atomic mass is 16.1. The van der Waals surface area contributed by atoms with Gasteiger partial charge in [-0.15, -0.1) is 0 Å². The summed E-state index contributed by atoms with van der Waals surface area (Å²) >= 11 is 0. The molecule has 2 nitrogen and oxygen atoms in total. The van der Waals surface area contributed by atoms with Crippen molar-refractivity contribution in [1.29, 1.82) is 0 Å². The number of rotatable bonds is 2. The molecule has 1 heterocycles. The van der Waals surface area contributed by atoms with Crippen molar-refractivity contribution in [3.05, 3.63) is 60.2 Å². The van der Waals surface area contributed by atoms with Crippen LogP contribution in [0.1, 0.15) is 17.3 Å². The van der Waals surface area contributed by atoms with Gasteiger partial charge in [-0.1, -0.05) is 42.5 Å². The minimum Gasteiger partial charge on any atom is -0.340 e. The number of hydrogen-bond acceptors (Lipinski definition) is 1. The van der Waals surface area contributed by atoms with Crippen molar-refractivity contribution in [1.82, 2.24) is 4.57 Å². The zero-order chi connectivity index (χ0) is 14.4. The van der Waals surface area contributed by atoms with Crippen molar-refractivity contribution < 1.29 is 4.79 Å². The smallest absolute Gasteiger partial charge is 0.152 e. The average molecular weight is 273 g/mol. The first-order valence-electron chi connectivity index (χ1n) is 7.23. The Morgan fingerprint density at radius 2 is 1.76 bits per heavy atom. The Labute approximate surface area is 122 Å². The SMILES string of the molecule is CCn1c2ccc3ccccc3c2c2cccc(C=O)c21. The predicted molar refractivity (Wildman–Crippen MR) is 88.0 cm³/mol. The van der Waals surface area contributed by atoms with Crippen LogP contribution < -0.4 is 0 Å². The fraction of sp³-hybridized carbons (Fsp3) is 0.105. The third-order valence-corrected chi connectivity index (χ3v) is 4.25. The highest BCUT2D eigenvalue weighted by Gasteiger charge is 2.14. The summed E-state index contributed by atoms with van der Waals surface area (Å²) in [4.78, 5) is 11.4. The number of benzene rings is 3. The maximum atomic E-state index is 11.4. The van der Waals surface area contributed by atoms with E-state index in [0.29, 0.717) is 0 Å². The number of aryl methyl sites for hydroxylation is 1. The summed E-state index contributed by atoms with van der Waals surface area (Å²) in [5.74, 6) is 0. The molecule has 0 amide bonds. The summed E-state index contributed by atoms with van der Waals surface area (Å²) in [6, 6.07) is 18.7. The van der Waals surface area contributed by atoms with Crippen LogP contribution in [0.3, 0.4) is 0 Å². The fourth-order valence-electron chi connectivity index (χ4n) is 3.38. The standard InChI is InChI=1S/C19H15NO/c1-2-20-17-11-10-13-6-3-4-8-15(13)18(17)16-9-5-7-14(12-21)19(16)20/h3-12H,2H2,1H3. The van der Waals surface area contributed by atoms with Crippen molar-refractivity contribution in [2.45, 2.75) is 13.5 Å². The molecule has 0 saturated carbocycles. The van der Waals surface area contributed by atoms with E-state index in [9.17, 15) is 4.79 Å². The second-order valence-electron chi connectivity index (χ2n) is 5.29. The second-order valence-corrected chi connectivity index (χ2v) is 5.29. The molecule has 1 aromatic heterocycles. The van der Waals surface area contributed by atoms with Crippen molar-refractivity contribution in [3.8, 4) is 0 Å². The number of carbonyl (C=O) groups is 1. The third-order valence-electron chi connectivity index (χ3n) is 4.25. The molecule has 4 rings (SSSR count). The summed E-state index contributed by atoms with van der Waals surface area (Å²) < 4.78 is 2.24. The maximum absolute atomic E-state index is 11.4. The van der Waals surface area contributed by atoms with Gasteiger partial charge in [0.15, 0.2) is 6.29 Å². The van der Waals surface area contributed by atoms with Crippen molar-refractivity contribution >= 4 is 38.9 Å². The van der Waals surface area contributed by atoms with Crippen LogP contribution >= 0.6 is 0 Å². The number of aldehydes is 1. The van der Waals surface area contributed by atoms with E-state index in [1.807, 2.05) is 12.1 Å². The van der Waals surface area contributed by atoms with Crippen LogP contribution in [0.5, 0.6) is 0 Å². The first kappa shape index (κ1) is 12.2. The van der Waals surface area contributed by atoms with Crippen molar-refractivity contribution in [2.75, 3.05) is 0 Å². The molecule has 0 bridgehead atoms. The van der Waals surface area contributed by atoms with Gasteiger partial charge < -0.3 is 4.57 Å². The summed E-state index contributed by atoms with van der Waals surface area (Å²) in [6.45, 7) is 2.97. The largest absolute Gasteiger partial charge is 0.340 e. The maximum Gasteiger partial charge on any atom is 0.152 e. The Kier molecular flexibility index (Phi) is 2.58. The van der Waals surface area contributed by atoms with Crippen LogP contribution in [0.2, 0.25) is 0 Å². The average Bonchev–Trinajstić information content (AvgIpc) is 2.88. The molecule has 3 aromatic carbocycles. The summed E-state index contributed by atoms with van der Waals surface area (Å²) in [5, 5.41) is 4.88. The number of para-hydroxylation sites is 1. The molecular formula is C19H15NO. The number of carbonyl (C=O) groups excluding carboxylic acids is 1. The molecule has 21 heavy (non-hydrogen) atoms. The van der Waals surface area contributed by atoms with Crippen molar-refractivity contribution in [2.24, 2.45) is 0 Å². The normalized spacial score (nSPS) is 11.5. The molecule has 2 heteroatoms.